The van der Waals surface area contributed by atoms with Gasteiger partial charge in [0.05, 0.1) is 12.3 Å². The lowest BCUT2D eigenvalue weighted by Crippen LogP contribution is -2.23. The monoisotopic (exact) mass is 313 g/mol. The first-order valence-electron chi connectivity index (χ1n) is 6.86. The Bertz CT molecular complexity index is 526. The highest BCUT2D eigenvalue weighted by Gasteiger charge is 2.28. The van der Waals surface area contributed by atoms with Gasteiger partial charge in [-0.05, 0) is 12.8 Å². The van der Waals surface area contributed by atoms with Crippen LogP contribution >= 0.6 is 11.3 Å². The summed E-state index contributed by atoms with van der Waals surface area (Å²) in [6.45, 7) is 6.91. The molecule has 3 N–H and O–H groups in total. The highest BCUT2D eigenvalue weighted by molar-refractivity contribution is 7.19. The van der Waals surface area contributed by atoms with Crippen molar-refractivity contribution >= 4 is 33.9 Å². The third kappa shape index (κ3) is 3.87. The molecule has 0 unspecified atom stereocenters. The van der Waals surface area contributed by atoms with E-state index in [0.29, 0.717) is 15.8 Å². The van der Waals surface area contributed by atoms with Crippen LogP contribution in [-0.4, -0.2) is 39.1 Å². The Hall–Kier alpha value is -1.76. The SMILES string of the molecule is CCOC(=O)c1c(N(C)CC(C)C)sc(C(=O)NC)c1N. The van der Waals surface area contributed by atoms with Crippen LogP contribution in [0.2, 0.25) is 0 Å². The molecule has 0 fully saturated rings. The van der Waals surface area contributed by atoms with Crippen molar-refractivity contribution in [2.45, 2.75) is 20.8 Å². The Balaban J connectivity index is 3.32. The van der Waals surface area contributed by atoms with Gasteiger partial charge in [0, 0.05) is 20.6 Å². The van der Waals surface area contributed by atoms with E-state index in [1.807, 2.05) is 11.9 Å². The third-order valence-electron chi connectivity index (χ3n) is 2.83. The molecule has 0 saturated heterocycles. The van der Waals surface area contributed by atoms with Crippen molar-refractivity contribution in [3.05, 3.63) is 10.4 Å². The Kier molecular flexibility index (Phi) is 6.02. The molecule has 0 aliphatic rings. The van der Waals surface area contributed by atoms with Crippen LogP contribution in [0.15, 0.2) is 0 Å². The Morgan fingerprint density at radius 3 is 2.52 bits per heavy atom. The lowest BCUT2D eigenvalue weighted by Gasteiger charge is -2.20. The predicted octanol–water partition coefficient (Wildman–Crippen LogP) is 1.96. The number of anilines is 2. The summed E-state index contributed by atoms with van der Waals surface area (Å²) < 4.78 is 5.06. The smallest absolute Gasteiger partial charge is 0.343 e. The average Bonchev–Trinajstić information content (AvgIpc) is 2.75. The molecule has 6 nitrogen and oxygen atoms in total. The number of rotatable bonds is 6. The van der Waals surface area contributed by atoms with E-state index in [2.05, 4.69) is 19.2 Å². The van der Waals surface area contributed by atoms with Crippen molar-refractivity contribution in [3.8, 4) is 0 Å². The molecule has 0 aromatic carbocycles. The van der Waals surface area contributed by atoms with Crippen LogP contribution < -0.4 is 16.0 Å². The quantitative estimate of drug-likeness (QED) is 0.784. The minimum absolute atomic E-state index is 0.184. The number of carbonyl (C=O) groups is 2. The normalized spacial score (nSPS) is 10.6. The molecule has 0 aliphatic heterocycles. The number of thiophene rings is 1. The summed E-state index contributed by atoms with van der Waals surface area (Å²) in [5.41, 5.74) is 6.47. The molecule has 1 rings (SSSR count). The lowest BCUT2D eigenvalue weighted by molar-refractivity contribution is 0.0529. The van der Waals surface area contributed by atoms with Crippen LogP contribution in [0.5, 0.6) is 0 Å². The van der Waals surface area contributed by atoms with Gasteiger partial charge in [-0.25, -0.2) is 4.79 Å². The van der Waals surface area contributed by atoms with Gasteiger partial charge in [0.15, 0.2) is 0 Å². The summed E-state index contributed by atoms with van der Waals surface area (Å²) in [6.07, 6.45) is 0. The summed E-state index contributed by atoms with van der Waals surface area (Å²) >= 11 is 1.21. The van der Waals surface area contributed by atoms with Crippen molar-refractivity contribution in [1.29, 1.82) is 0 Å². The first kappa shape index (κ1) is 17.3. The van der Waals surface area contributed by atoms with E-state index >= 15 is 0 Å². The lowest BCUT2D eigenvalue weighted by atomic mass is 10.2. The average molecular weight is 313 g/mol. The first-order valence-corrected chi connectivity index (χ1v) is 7.67. The number of esters is 1. The second-order valence-electron chi connectivity index (χ2n) is 5.10. The fraction of sp³-hybridized carbons (Fsp3) is 0.571. The largest absolute Gasteiger partial charge is 0.462 e. The number of nitrogens with two attached hydrogens (primary N) is 1. The highest BCUT2D eigenvalue weighted by atomic mass is 32.1. The van der Waals surface area contributed by atoms with Gasteiger partial charge in [-0.1, -0.05) is 13.8 Å². The Morgan fingerprint density at radius 2 is 2.05 bits per heavy atom. The maximum Gasteiger partial charge on any atom is 0.343 e. The molecule has 1 amide bonds. The molecule has 7 heteroatoms. The molecule has 21 heavy (non-hydrogen) atoms. The van der Waals surface area contributed by atoms with Crippen molar-refractivity contribution in [2.75, 3.05) is 37.9 Å². The van der Waals surface area contributed by atoms with Gasteiger partial charge in [-0.2, -0.15) is 0 Å². The van der Waals surface area contributed by atoms with Crippen LogP contribution in [0.1, 0.15) is 40.8 Å². The number of hydrogen-bond donors (Lipinski definition) is 2. The van der Waals surface area contributed by atoms with Crippen molar-refractivity contribution in [1.82, 2.24) is 5.32 Å². The van der Waals surface area contributed by atoms with Crippen molar-refractivity contribution in [2.24, 2.45) is 5.92 Å². The van der Waals surface area contributed by atoms with E-state index in [0.717, 1.165) is 6.54 Å². The molecule has 0 aliphatic carbocycles. The van der Waals surface area contributed by atoms with Crippen LogP contribution in [0, 0.1) is 5.92 Å². The molecular weight excluding hydrogens is 290 g/mol. The molecule has 0 atom stereocenters. The first-order chi connectivity index (χ1) is 9.83. The number of carbonyl (C=O) groups excluding carboxylic acids is 2. The summed E-state index contributed by atoms with van der Waals surface area (Å²) in [5, 5.41) is 3.20. The predicted molar refractivity (Wildman–Crippen MR) is 86.2 cm³/mol. The minimum atomic E-state index is -0.494. The molecule has 0 spiro atoms. The third-order valence-corrected chi connectivity index (χ3v) is 4.14. The number of nitrogens with one attached hydrogen (secondary N) is 1. The van der Waals surface area contributed by atoms with Crippen molar-refractivity contribution < 1.29 is 14.3 Å². The van der Waals surface area contributed by atoms with Crippen molar-refractivity contribution in [3.63, 3.8) is 0 Å². The van der Waals surface area contributed by atoms with Crippen LogP contribution in [0.3, 0.4) is 0 Å². The molecular formula is C14H23N3O3S. The van der Waals surface area contributed by atoms with Gasteiger partial charge in [-0.3, -0.25) is 4.79 Å². The van der Waals surface area contributed by atoms with Gasteiger partial charge in [0.1, 0.15) is 15.4 Å². The summed E-state index contributed by atoms with van der Waals surface area (Å²) in [5.74, 6) is -0.379. The Labute approximate surface area is 129 Å². The Morgan fingerprint density at radius 1 is 1.43 bits per heavy atom. The van der Waals surface area contributed by atoms with Gasteiger partial charge in [0.2, 0.25) is 0 Å². The summed E-state index contributed by atoms with van der Waals surface area (Å²) in [6, 6.07) is 0. The molecule has 0 bridgehead atoms. The minimum Gasteiger partial charge on any atom is -0.462 e. The molecule has 1 heterocycles. The molecule has 1 aromatic heterocycles. The molecule has 0 saturated carbocycles. The maximum absolute atomic E-state index is 12.1. The fourth-order valence-corrected chi connectivity index (χ4v) is 3.14. The summed E-state index contributed by atoms with van der Waals surface area (Å²) in [7, 11) is 3.41. The number of nitrogens with zero attached hydrogens (tertiary/aromatic N) is 1. The van der Waals surface area contributed by atoms with Gasteiger partial charge < -0.3 is 20.7 Å². The van der Waals surface area contributed by atoms with E-state index in [1.54, 1.807) is 6.92 Å². The van der Waals surface area contributed by atoms with Crippen LogP contribution in [0.4, 0.5) is 10.7 Å². The van der Waals surface area contributed by atoms with Crippen LogP contribution in [0.25, 0.3) is 0 Å². The van der Waals surface area contributed by atoms with E-state index in [-0.39, 0.29) is 23.8 Å². The van der Waals surface area contributed by atoms with E-state index in [4.69, 9.17) is 10.5 Å². The van der Waals surface area contributed by atoms with Gasteiger partial charge in [-0.15, -0.1) is 11.3 Å². The maximum atomic E-state index is 12.1. The van der Waals surface area contributed by atoms with E-state index in [1.165, 1.54) is 18.4 Å². The second kappa shape index (κ2) is 7.31. The zero-order valence-corrected chi connectivity index (χ0v) is 14.0. The standard InChI is InChI=1S/C14H23N3O3S/c1-6-20-14(19)9-10(15)11(12(18)16-4)21-13(9)17(5)7-8(2)3/h8H,6-7,15H2,1-5H3,(H,16,18). The van der Waals surface area contributed by atoms with E-state index < -0.39 is 5.97 Å². The number of amides is 1. The zero-order chi connectivity index (χ0) is 16.2. The summed E-state index contributed by atoms with van der Waals surface area (Å²) in [4.78, 5) is 26.3. The number of nitrogen functional groups attached to an aromatic ring is 1. The molecule has 118 valence electrons. The van der Waals surface area contributed by atoms with E-state index in [9.17, 15) is 9.59 Å². The highest BCUT2D eigenvalue weighted by Crippen LogP contribution is 2.38. The topological polar surface area (TPSA) is 84.7 Å². The number of ether oxygens (including phenoxy) is 1. The fourth-order valence-electron chi connectivity index (χ4n) is 2.01. The number of hydrogen-bond acceptors (Lipinski definition) is 6. The van der Waals surface area contributed by atoms with Crippen LogP contribution in [-0.2, 0) is 4.74 Å². The van der Waals surface area contributed by atoms with Gasteiger partial charge >= 0.3 is 5.97 Å². The second-order valence-corrected chi connectivity index (χ2v) is 6.10. The van der Waals surface area contributed by atoms with Gasteiger partial charge in [0.25, 0.3) is 5.91 Å². The molecule has 0 radical (unpaired) electrons. The zero-order valence-electron chi connectivity index (χ0n) is 13.1. The molecule has 1 aromatic rings.